The highest BCUT2D eigenvalue weighted by Gasteiger charge is 2.34. The van der Waals surface area contributed by atoms with Crippen LogP contribution in [0.5, 0.6) is 5.75 Å². The van der Waals surface area contributed by atoms with Gasteiger partial charge in [-0.25, -0.2) is 4.79 Å². The first kappa shape index (κ1) is 19.5. The highest BCUT2D eigenvalue weighted by atomic mass is 79.9. The second kappa shape index (κ2) is 8.70. The molecule has 1 heterocycles. The van der Waals surface area contributed by atoms with Crippen molar-refractivity contribution in [3.8, 4) is 5.75 Å². The van der Waals surface area contributed by atoms with Gasteiger partial charge in [0.05, 0.1) is 18.8 Å². The first-order chi connectivity index (χ1) is 14.2. The molecule has 0 spiro atoms. The third-order valence-electron chi connectivity index (χ3n) is 5.20. The van der Waals surface area contributed by atoms with Crippen LogP contribution in [0.15, 0.2) is 77.3 Å². The Morgan fingerprint density at radius 2 is 1.83 bits per heavy atom. The van der Waals surface area contributed by atoms with Gasteiger partial charge >= 0.3 is 6.09 Å². The van der Waals surface area contributed by atoms with Gasteiger partial charge in [0, 0.05) is 10.0 Å². The molecule has 1 amide bonds. The molecule has 0 saturated heterocycles. The predicted molar refractivity (Wildman–Crippen MR) is 117 cm³/mol. The molecule has 0 aliphatic carbocycles. The zero-order chi connectivity index (χ0) is 20.2. The fourth-order valence-corrected chi connectivity index (χ4v) is 4.24. The van der Waals surface area contributed by atoms with Crippen LogP contribution in [0.1, 0.15) is 29.2 Å². The van der Waals surface area contributed by atoms with Gasteiger partial charge in [-0.1, -0.05) is 64.5 Å². The molecule has 3 aromatic rings. The number of para-hydroxylation sites is 1. The highest BCUT2D eigenvalue weighted by molar-refractivity contribution is 9.10. The number of hydrogen-bond donors (Lipinski definition) is 0. The SMILES string of the molecule is COc1ccccc1C1CCc2cc(Br)ccc2N1C(=O)OCc1ccccc1. The summed E-state index contributed by atoms with van der Waals surface area (Å²) in [5.74, 6) is 0.777. The molecule has 3 aromatic carbocycles. The van der Waals surface area contributed by atoms with E-state index < -0.39 is 0 Å². The summed E-state index contributed by atoms with van der Waals surface area (Å²) >= 11 is 3.54. The summed E-state index contributed by atoms with van der Waals surface area (Å²) in [5.41, 5.74) is 3.96. The Balaban J connectivity index is 1.69. The van der Waals surface area contributed by atoms with E-state index in [0.29, 0.717) is 0 Å². The van der Waals surface area contributed by atoms with Crippen molar-refractivity contribution in [3.63, 3.8) is 0 Å². The second-order valence-corrected chi connectivity index (χ2v) is 7.90. The van der Waals surface area contributed by atoms with Crippen LogP contribution in [0, 0.1) is 0 Å². The Labute approximate surface area is 179 Å². The molecule has 1 unspecified atom stereocenters. The smallest absolute Gasteiger partial charge is 0.415 e. The van der Waals surface area contributed by atoms with Crippen molar-refractivity contribution < 1.29 is 14.3 Å². The third-order valence-corrected chi connectivity index (χ3v) is 5.69. The zero-order valence-corrected chi connectivity index (χ0v) is 17.8. The van der Waals surface area contributed by atoms with Gasteiger partial charge in [0.25, 0.3) is 0 Å². The molecule has 0 bridgehead atoms. The molecule has 0 aromatic heterocycles. The maximum Gasteiger partial charge on any atom is 0.415 e. The van der Waals surface area contributed by atoms with Gasteiger partial charge in [0.2, 0.25) is 0 Å². The van der Waals surface area contributed by atoms with Gasteiger partial charge in [-0.3, -0.25) is 4.90 Å². The Bertz CT molecular complexity index is 1010. The third kappa shape index (κ3) is 4.15. The molecule has 4 nitrogen and oxygen atoms in total. The van der Waals surface area contributed by atoms with E-state index in [2.05, 4.69) is 22.0 Å². The number of fused-ring (bicyclic) bond motifs is 1. The number of nitrogens with zero attached hydrogens (tertiary/aromatic N) is 1. The lowest BCUT2D eigenvalue weighted by atomic mass is 9.91. The fourth-order valence-electron chi connectivity index (χ4n) is 3.83. The van der Waals surface area contributed by atoms with Crippen molar-refractivity contribution in [2.45, 2.75) is 25.5 Å². The number of halogens is 1. The largest absolute Gasteiger partial charge is 0.496 e. The Morgan fingerprint density at radius 1 is 1.07 bits per heavy atom. The number of amides is 1. The number of rotatable bonds is 4. The highest BCUT2D eigenvalue weighted by Crippen LogP contribution is 2.42. The topological polar surface area (TPSA) is 38.8 Å². The van der Waals surface area contributed by atoms with Crippen molar-refractivity contribution in [2.24, 2.45) is 0 Å². The van der Waals surface area contributed by atoms with Gasteiger partial charge < -0.3 is 9.47 Å². The molecule has 0 N–H and O–H groups in total. The van der Waals surface area contributed by atoms with Crippen LogP contribution in [0.4, 0.5) is 10.5 Å². The van der Waals surface area contributed by atoms with Crippen molar-refractivity contribution in [2.75, 3.05) is 12.0 Å². The lowest BCUT2D eigenvalue weighted by molar-refractivity contribution is 0.143. The number of benzene rings is 3. The minimum atomic E-state index is -0.354. The van der Waals surface area contributed by atoms with Crippen LogP contribution in [-0.2, 0) is 17.8 Å². The van der Waals surface area contributed by atoms with E-state index in [0.717, 1.165) is 45.4 Å². The Hall–Kier alpha value is -2.79. The average molecular weight is 452 g/mol. The van der Waals surface area contributed by atoms with Gasteiger partial charge in [0.1, 0.15) is 12.4 Å². The first-order valence-corrected chi connectivity index (χ1v) is 10.4. The summed E-state index contributed by atoms with van der Waals surface area (Å²) < 4.78 is 12.3. The van der Waals surface area contributed by atoms with E-state index in [1.54, 1.807) is 12.0 Å². The van der Waals surface area contributed by atoms with Crippen molar-refractivity contribution in [1.82, 2.24) is 0 Å². The molecule has 29 heavy (non-hydrogen) atoms. The van der Waals surface area contributed by atoms with E-state index in [1.807, 2.05) is 66.7 Å². The molecule has 1 aliphatic heterocycles. The molecular formula is C24H22BrNO3. The number of ether oxygens (including phenoxy) is 2. The summed E-state index contributed by atoms with van der Waals surface area (Å²) in [6, 6.07) is 23.4. The monoisotopic (exact) mass is 451 g/mol. The molecule has 0 radical (unpaired) electrons. The summed E-state index contributed by atoms with van der Waals surface area (Å²) in [6.07, 6.45) is 1.32. The van der Waals surface area contributed by atoms with Crippen LogP contribution < -0.4 is 9.64 Å². The minimum absolute atomic E-state index is 0.150. The number of aryl methyl sites for hydroxylation is 1. The molecule has 0 saturated carbocycles. The van der Waals surface area contributed by atoms with Gasteiger partial charge in [-0.15, -0.1) is 0 Å². The molecule has 1 atom stereocenters. The zero-order valence-electron chi connectivity index (χ0n) is 16.2. The fraction of sp³-hybridized carbons (Fsp3) is 0.208. The van der Waals surface area contributed by atoms with Crippen molar-refractivity contribution >= 4 is 27.7 Å². The molecule has 5 heteroatoms. The van der Waals surface area contributed by atoms with Crippen LogP contribution in [0.3, 0.4) is 0 Å². The Kier molecular flexibility index (Phi) is 5.86. The normalized spacial score (nSPS) is 15.5. The number of hydrogen-bond acceptors (Lipinski definition) is 3. The lowest BCUT2D eigenvalue weighted by Crippen LogP contribution is -2.39. The molecule has 4 rings (SSSR count). The standard InChI is InChI=1S/C24H22BrNO3/c1-28-23-10-6-5-9-20(23)22-13-11-18-15-19(25)12-14-21(18)26(22)24(27)29-16-17-7-3-2-4-8-17/h2-10,12,14-15,22H,11,13,16H2,1H3. The molecule has 0 fully saturated rings. The van der Waals surface area contributed by atoms with Crippen LogP contribution in [-0.4, -0.2) is 13.2 Å². The maximum absolute atomic E-state index is 13.3. The maximum atomic E-state index is 13.3. The van der Waals surface area contributed by atoms with E-state index in [9.17, 15) is 4.79 Å². The first-order valence-electron chi connectivity index (χ1n) is 9.58. The summed E-state index contributed by atoms with van der Waals surface area (Å²) in [7, 11) is 1.66. The van der Waals surface area contributed by atoms with E-state index in [4.69, 9.17) is 9.47 Å². The quantitative estimate of drug-likeness (QED) is 0.467. The van der Waals surface area contributed by atoms with Crippen molar-refractivity contribution in [1.29, 1.82) is 0 Å². The summed E-state index contributed by atoms with van der Waals surface area (Å²) in [4.78, 5) is 15.0. The van der Waals surface area contributed by atoms with E-state index >= 15 is 0 Å². The van der Waals surface area contributed by atoms with E-state index in [-0.39, 0.29) is 18.7 Å². The van der Waals surface area contributed by atoms with Gasteiger partial charge in [-0.05, 0) is 48.2 Å². The van der Waals surface area contributed by atoms with Gasteiger partial charge in [0.15, 0.2) is 0 Å². The van der Waals surface area contributed by atoms with Gasteiger partial charge in [-0.2, -0.15) is 0 Å². The predicted octanol–water partition coefficient (Wildman–Crippen LogP) is 6.29. The summed E-state index contributed by atoms with van der Waals surface area (Å²) in [5, 5.41) is 0. The average Bonchev–Trinajstić information content (AvgIpc) is 2.77. The van der Waals surface area contributed by atoms with Crippen LogP contribution >= 0.6 is 15.9 Å². The lowest BCUT2D eigenvalue weighted by Gasteiger charge is -2.37. The van der Waals surface area contributed by atoms with Crippen molar-refractivity contribution in [3.05, 3.63) is 94.0 Å². The Morgan fingerprint density at radius 3 is 2.62 bits per heavy atom. The second-order valence-electron chi connectivity index (χ2n) is 6.98. The summed E-state index contributed by atoms with van der Waals surface area (Å²) in [6.45, 7) is 0.237. The molecular weight excluding hydrogens is 430 g/mol. The minimum Gasteiger partial charge on any atom is -0.496 e. The van der Waals surface area contributed by atoms with Crippen LogP contribution in [0.2, 0.25) is 0 Å². The number of carbonyl (C=O) groups is 1. The molecule has 1 aliphatic rings. The number of carbonyl (C=O) groups excluding carboxylic acids is 1. The molecule has 148 valence electrons. The number of anilines is 1. The number of methoxy groups -OCH3 is 1. The van der Waals surface area contributed by atoms with E-state index in [1.165, 1.54) is 0 Å². The van der Waals surface area contributed by atoms with Crippen LogP contribution in [0.25, 0.3) is 0 Å².